The van der Waals surface area contributed by atoms with Crippen molar-refractivity contribution >= 4 is 0 Å². The Balaban J connectivity index is 2.41. The lowest BCUT2D eigenvalue weighted by atomic mass is 10.2. The molecule has 0 aliphatic carbocycles. The maximum Gasteiger partial charge on any atom is 0.0547 e. The van der Waals surface area contributed by atoms with Gasteiger partial charge >= 0.3 is 0 Å². The maximum absolute atomic E-state index is 5.76. The topological polar surface area (TPSA) is 42.1 Å². The van der Waals surface area contributed by atoms with E-state index in [1.165, 1.54) is 0 Å². The van der Waals surface area contributed by atoms with Gasteiger partial charge in [0.2, 0.25) is 0 Å². The zero-order chi connectivity index (χ0) is 12.7. The molecule has 3 nitrogen and oxygen atoms in total. The first-order valence-corrected chi connectivity index (χ1v) is 6.52. The van der Waals surface area contributed by atoms with E-state index in [0.29, 0.717) is 6.04 Å². The Morgan fingerprint density at radius 3 is 2.76 bits per heavy atom. The molecule has 0 radical (unpaired) electrons. The molecule has 0 saturated carbocycles. The van der Waals surface area contributed by atoms with Crippen LogP contribution >= 0.6 is 0 Å². The highest BCUT2D eigenvalue weighted by molar-refractivity contribution is 5.09. The average Bonchev–Trinajstić information content (AvgIpc) is 2.27. The molecule has 0 aliphatic heterocycles. The number of hydrogen-bond acceptors (Lipinski definition) is 3. The summed E-state index contributed by atoms with van der Waals surface area (Å²) in [4.78, 5) is 6.96. The highest BCUT2D eigenvalue weighted by atomic mass is 15.1. The number of aryl methyl sites for hydroxylation is 1. The Bertz CT molecular complexity index is 323. The van der Waals surface area contributed by atoms with Gasteiger partial charge in [-0.2, -0.15) is 0 Å². The third-order valence-electron chi connectivity index (χ3n) is 2.91. The van der Waals surface area contributed by atoms with E-state index in [1.807, 2.05) is 13.0 Å². The standard InChI is InChI=1S/C14H25N3/c1-4-17(10-6-7-12(2)15)11-14-9-5-8-13(3)16-14/h5,8-9,12H,4,6-7,10-11,15H2,1-3H3. The lowest BCUT2D eigenvalue weighted by Crippen LogP contribution is -2.26. The van der Waals surface area contributed by atoms with Gasteiger partial charge in [0.1, 0.15) is 0 Å². The van der Waals surface area contributed by atoms with E-state index in [2.05, 4.69) is 35.9 Å². The van der Waals surface area contributed by atoms with Crippen LogP contribution in [-0.4, -0.2) is 29.0 Å². The van der Waals surface area contributed by atoms with Crippen molar-refractivity contribution in [3.8, 4) is 0 Å². The second kappa shape index (κ2) is 7.41. The molecule has 0 spiro atoms. The van der Waals surface area contributed by atoms with Gasteiger partial charge in [0, 0.05) is 18.3 Å². The highest BCUT2D eigenvalue weighted by Crippen LogP contribution is 2.05. The van der Waals surface area contributed by atoms with Crippen LogP contribution in [0.5, 0.6) is 0 Å². The Morgan fingerprint density at radius 2 is 2.18 bits per heavy atom. The van der Waals surface area contributed by atoms with Gasteiger partial charge in [-0.1, -0.05) is 13.0 Å². The maximum atomic E-state index is 5.76. The molecule has 0 bridgehead atoms. The van der Waals surface area contributed by atoms with E-state index in [4.69, 9.17) is 5.73 Å². The summed E-state index contributed by atoms with van der Waals surface area (Å²) in [6, 6.07) is 6.52. The summed E-state index contributed by atoms with van der Waals surface area (Å²) in [5, 5.41) is 0. The van der Waals surface area contributed by atoms with Gasteiger partial charge in [-0.15, -0.1) is 0 Å². The highest BCUT2D eigenvalue weighted by Gasteiger charge is 2.05. The van der Waals surface area contributed by atoms with Crippen LogP contribution in [0.25, 0.3) is 0 Å². The van der Waals surface area contributed by atoms with Crippen molar-refractivity contribution in [2.45, 2.75) is 46.2 Å². The first-order valence-electron chi connectivity index (χ1n) is 6.52. The van der Waals surface area contributed by atoms with Gasteiger partial charge in [0.25, 0.3) is 0 Å². The fourth-order valence-electron chi connectivity index (χ4n) is 1.90. The number of aromatic nitrogens is 1. The lowest BCUT2D eigenvalue weighted by Gasteiger charge is -2.20. The van der Waals surface area contributed by atoms with Gasteiger partial charge in [0.05, 0.1) is 5.69 Å². The van der Waals surface area contributed by atoms with Crippen molar-refractivity contribution in [3.63, 3.8) is 0 Å². The van der Waals surface area contributed by atoms with Crippen molar-refractivity contribution < 1.29 is 0 Å². The van der Waals surface area contributed by atoms with Crippen LogP contribution in [-0.2, 0) is 6.54 Å². The molecule has 1 rings (SSSR count). The van der Waals surface area contributed by atoms with Crippen molar-refractivity contribution in [1.82, 2.24) is 9.88 Å². The fourth-order valence-corrected chi connectivity index (χ4v) is 1.90. The molecular formula is C14H25N3. The van der Waals surface area contributed by atoms with Crippen LogP contribution in [0, 0.1) is 6.92 Å². The van der Waals surface area contributed by atoms with E-state index >= 15 is 0 Å². The second-order valence-corrected chi connectivity index (χ2v) is 4.76. The molecule has 0 fully saturated rings. The number of pyridine rings is 1. The largest absolute Gasteiger partial charge is 0.328 e. The Kier molecular flexibility index (Phi) is 6.16. The number of nitrogens with zero attached hydrogens (tertiary/aromatic N) is 2. The molecule has 96 valence electrons. The monoisotopic (exact) mass is 235 g/mol. The van der Waals surface area contributed by atoms with Crippen molar-refractivity contribution in [2.75, 3.05) is 13.1 Å². The molecule has 0 aliphatic rings. The number of hydrogen-bond donors (Lipinski definition) is 1. The molecule has 17 heavy (non-hydrogen) atoms. The Hall–Kier alpha value is -0.930. The van der Waals surface area contributed by atoms with Crippen LogP contribution in [0.15, 0.2) is 18.2 Å². The predicted molar refractivity (Wildman–Crippen MR) is 72.8 cm³/mol. The first-order chi connectivity index (χ1) is 8.11. The molecule has 2 N–H and O–H groups in total. The fraction of sp³-hybridized carbons (Fsp3) is 0.643. The summed E-state index contributed by atoms with van der Waals surface area (Å²) in [5.74, 6) is 0. The molecule has 1 aromatic rings. The molecular weight excluding hydrogens is 210 g/mol. The Morgan fingerprint density at radius 1 is 1.41 bits per heavy atom. The summed E-state index contributed by atoms with van der Waals surface area (Å²) in [6.45, 7) is 9.41. The van der Waals surface area contributed by atoms with E-state index in [1.54, 1.807) is 0 Å². The lowest BCUT2D eigenvalue weighted by molar-refractivity contribution is 0.268. The summed E-state index contributed by atoms with van der Waals surface area (Å²) < 4.78 is 0. The average molecular weight is 235 g/mol. The van der Waals surface area contributed by atoms with Crippen LogP contribution in [0.4, 0.5) is 0 Å². The van der Waals surface area contributed by atoms with E-state index in [9.17, 15) is 0 Å². The van der Waals surface area contributed by atoms with Gasteiger partial charge < -0.3 is 5.73 Å². The van der Waals surface area contributed by atoms with Crippen LogP contribution in [0.3, 0.4) is 0 Å². The smallest absolute Gasteiger partial charge is 0.0547 e. The minimum absolute atomic E-state index is 0.311. The quantitative estimate of drug-likeness (QED) is 0.788. The summed E-state index contributed by atoms with van der Waals surface area (Å²) in [5.41, 5.74) is 8.01. The van der Waals surface area contributed by atoms with Crippen molar-refractivity contribution in [2.24, 2.45) is 5.73 Å². The van der Waals surface area contributed by atoms with Crippen LogP contribution in [0.2, 0.25) is 0 Å². The zero-order valence-electron chi connectivity index (χ0n) is 11.3. The van der Waals surface area contributed by atoms with Gasteiger partial charge in [-0.05, 0) is 51.9 Å². The molecule has 1 heterocycles. The van der Waals surface area contributed by atoms with Crippen molar-refractivity contribution in [1.29, 1.82) is 0 Å². The minimum Gasteiger partial charge on any atom is -0.328 e. The number of rotatable bonds is 7. The first kappa shape index (κ1) is 14.1. The molecule has 0 amide bonds. The van der Waals surface area contributed by atoms with Crippen LogP contribution < -0.4 is 5.73 Å². The predicted octanol–water partition coefficient (Wildman–Crippen LogP) is 2.34. The number of nitrogens with two attached hydrogens (primary N) is 1. The van der Waals surface area contributed by atoms with E-state index in [-0.39, 0.29) is 0 Å². The summed E-state index contributed by atoms with van der Waals surface area (Å²) in [6.07, 6.45) is 2.26. The molecule has 1 aromatic heterocycles. The van der Waals surface area contributed by atoms with Gasteiger partial charge in [-0.3, -0.25) is 9.88 Å². The SMILES string of the molecule is CCN(CCCC(C)N)Cc1cccc(C)n1. The van der Waals surface area contributed by atoms with Crippen LogP contribution in [0.1, 0.15) is 38.1 Å². The third kappa shape index (κ3) is 5.80. The molecule has 0 aromatic carbocycles. The Labute approximate surface area is 105 Å². The van der Waals surface area contributed by atoms with Gasteiger partial charge in [-0.25, -0.2) is 0 Å². The van der Waals surface area contributed by atoms with Gasteiger partial charge in [0.15, 0.2) is 0 Å². The molecule has 0 saturated heterocycles. The minimum atomic E-state index is 0.311. The van der Waals surface area contributed by atoms with E-state index < -0.39 is 0 Å². The normalized spacial score (nSPS) is 13.0. The zero-order valence-corrected chi connectivity index (χ0v) is 11.3. The second-order valence-electron chi connectivity index (χ2n) is 4.76. The molecule has 1 unspecified atom stereocenters. The summed E-state index contributed by atoms with van der Waals surface area (Å²) >= 11 is 0. The van der Waals surface area contributed by atoms with E-state index in [0.717, 1.165) is 43.9 Å². The van der Waals surface area contributed by atoms with Crippen molar-refractivity contribution in [3.05, 3.63) is 29.6 Å². The molecule has 3 heteroatoms. The third-order valence-corrected chi connectivity index (χ3v) is 2.91. The molecule has 1 atom stereocenters. The summed E-state index contributed by atoms with van der Waals surface area (Å²) in [7, 11) is 0.